The van der Waals surface area contributed by atoms with Crippen LogP contribution in [0.4, 0.5) is 11.5 Å². The first-order valence-electron chi connectivity index (χ1n) is 12.7. The van der Waals surface area contributed by atoms with E-state index < -0.39 is 18.1 Å². The highest BCUT2D eigenvalue weighted by Crippen LogP contribution is 2.34. The van der Waals surface area contributed by atoms with Gasteiger partial charge in [-0.15, -0.1) is 0 Å². The zero-order valence-corrected chi connectivity index (χ0v) is 22.0. The van der Waals surface area contributed by atoms with Crippen LogP contribution in [-0.2, 0) is 20.8 Å². The number of para-hydroxylation sites is 3. The average molecular weight is 516 g/mol. The predicted molar refractivity (Wildman–Crippen MR) is 146 cm³/mol. The summed E-state index contributed by atoms with van der Waals surface area (Å²) in [5.41, 5.74) is 1.27. The molecule has 0 spiro atoms. The van der Waals surface area contributed by atoms with Crippen LogP contribution >= 0.6 is 0 Å². The van der Waals surface area contributed by atoms with Gasteiger partial charge in [-0.3, -0.25) is 19.3 Å². The molecule has 3 amide bonds. The molecule has 4 rings (SSSR count). The fourth-order valence-electron chi connectivity index (χ4n) is 4.28. The summed E-state index contributed by atoms with van der Waals surface area (Å²) in [4.78, 5) is 46.1. The van der Waals surface area contributed by atoms with Crippen LogP contribution in [0.5, 0.6) is 11.5 Å². The zero-order chi connectivity index (χ0) is 27.2. The van der Waals surface area contributed by atoms with Gasteiger partial charge in [-0.1, -0.05) is 50.2 Å². The van der Waals surface area contributed by atoms with Gasteiger partial charge in [0.05, 0.1) is 11.7 Å². The fourth-order valence-corrected chi connectivity index (χ4v) is 4.28. The number of pyridine rings is 1. The molecule has 0 aliphatic carbocycles. The number of benzene rings is 2. The second-order valence-electron chi connectivity index (χ2n) is 9.56. The highest BCUT2D eigenvalue weighted by molar-refractivity contribution is 6.09. The monoisotopic (exact) mass is 515 g/mol. The van der Waals surface area contributed by atoms with Crippen LogP contribution < -0.4 is 25.6 Å². The molecule has 0 bridgehead atoms. The maximum absolute atomic E-state index is 13.9. The van der Waals surface area contributed by atoms with Crippen molar-refractivity contribution in [1.82, 2.24) is 15.6 Å². The van der Waals surface area contributed by atoms with Crippen molar-refractivity contribution in [2.45, 2.75) is 45.3 Å². The number of ether oxygens (including phenoxy) is 1. The standard InChI is InChI=1S/C29H33N5O4/c1-18(2)25(33-27(35)19(3)30-4)29(37)34-23(17-20-11-10-16-31-26(20)34)28(36)32-22-14-8-9-15-24(22)38-21-12-6-5-7-13-21/h5-16,18-19,23,25,30H,17H2,1-4H3,(H,32,36)(H,33,35)/t19-,23+,25-/m0/s1. The number of hydrogen-bond donors (Lipinski definition) is 3. The van der Waals surface area contributed by atoms with Crippen LogP contribution in [0.1, 0.15) is 26.3 Å². The molecule has 9 nitrogen and oxygen atoms in total. The Morgan fingerprint density at radius 2 is 1.68 bits per heavy atom. The third-order valence-corrected chi connectivity index (χ3v) is 6.53. The van der Waals surface area contributed by atoms with Crippen LogP contribution in [0.15, 0.2) is 72.9 Å². The van der Waals surface area contributed by atoms with Crippen molar-refractivity contribution in [1.29, 1.82) is 0 Å². The Balaban J connectivity index is 1.61. The molecular formula is C29H33N5O4. The lowest BCUT2D eigenvalue weighted by atomic mass is 10.0. The first kappa shape index (κ1) is 26.8. The predicted octanol–water partition coefficient (Wildman–Crippen LogP) is 3.52. The number of fused-ring (bicyclic) bond motifs is 1. The summed E-state index contributed by atoms with van der Waals surface area (Å²) in [6.07, 6.45) is 1.89. The van der Waals surface area contributed by atoms with Gasteiger partial charge in [-0.2, -0.15) is 0 Å². The highest BCUT2D eigenvalue weighted by atomic mass is 16.5. The molecular weight excluding hydrogens is 482 g/mol. The molecule has 2 aromatic carbocycles. The Labute approximate surface area is 222 Å². The molecule has 3 N–H and O–H groups in total. The number of nitrogens with one attached hydrogen (secondary N) is 3. The van der Waals surface area contributed by atoms with Gasteiger partial charge in [0.15, 0.2) is 5.75 Å². The number of rotatable bonds is 9. The Kier molecular flexibility index (Phi) is 8.38. The number of carbonyl (C=O) groups is 3. The van der Waals surface area contributed by atoms with Crippen molar-refractivity contribution in [3.05, 3.63) is 78.5 Å². The van der Waals surface area contributed by atoms with Crippen LogP contribution in [0.3, 0.4) is 0 Å². The van der Waals surface area contributed by atoms with E-state index in [-0.39, 0.29) is 23.6 Å². The Morgan fingerprint density at radius 1 is 0.974 bits per heavy atom. The first-order chi connectivity index (χ1) is 18.3. The fraction of sp³-hybridized carbons (Fsp3) is 0.310. The van der Waals surface area contributed by atoms with E-state index in [1.54, 1.807) is 44.4 Å². The molecule has 3 atom stereocenters. The normalized spacial score (nSPS) is 15.9. The minimum Gasteiger partial charge on any atom is -0.455 e. The van der Waals surface area contributed by atoms with Gasteiger partial charge in [0.2, 0.25) is 11.8 Å². The van der Waals surface area contributed by atoms with Gasteiger partial charge >= 0.3 is 0 Å². The van der Waals surface area contributed by atoms with Crippen LogP contribution in [0, 0.1) is 5.92 Å². The maximum atomic E-state index is 13.9. The van der Waals surface area contributed by atoms with E-state index in [2.05, 4.69) is 20.9 Å². The van der Waals surface area contributed by atoms with Gasteiger partial charge in [-0.05, 0) is 55.8 Å². The lowest BCUT2D eigenvalue weighted by Crippen LogP contribution is -2.57. The van der Waals surface area contributed by atoms with E-state index in [9.17, 15) is 14.4 Å². The van der Waals surface area contributed by atoms with Crippen molar-refractivity contribution in [3.63, 3.8) is 0 Å². The third-order valence-electron chi connectivity index (χ3n) is 6.53. The van der Waals surface area contributed by atoms with E-state index in [0.717, 1.165) is 5.56 Å². The summed E-state index contributed by atoms with van der Waals surface area (Å²) in [7, 11) is 1.68. The molecule has 0 unspecified atom stereocenters. The molecule has 0 radical (unpaired) electrons. The Bertz CT molecular complexity index is 1300. The van der Waals surface area contributed by atoms with Crippen LogP contribution in [0.25, 0.3) is 0 Å². The number of hydrogen-bond acceptors (Lipinski definition) is 6. The smallest absolute Gasteiger partial charge is 0.251 e. The van der Waals surface area contributed by atoms with Gasteiger partial charge in [-0.25, -0.2) is 4.98 Å². The van der Waals surface area contributed by atoms with E-state index >= 15 is 0 Å². The second kappa shape index (κ2) is 11.9. The maximum Gasteiger partial charge on any atom is 0.251 e. The molecule has 1 aromatic heterocycles. The number of anilines is 2. The lowest BCUT2D eigenvalue weighted by molar-refractivity contribution is -0.130. The topological polar surface area (TPSA) is 113 Å². The van der Waals surface area contributed by atoms with E-state index in [1.807, 2.05) is 56.3 Å². The van der Waals surface area contributed by atoms with E-state index in [1.165, 1.54) is 4.90 Å². The van der Waals surface area contributed by atoms with Gasteiger partial charge in [0, 0.05) is 12.6 Å². The molecule has 0 fully saturated rings. The van der Waals surface area contributed by atoms with E-state index in [4.69, 9.17) is 4.74 Å². The lowest BCUT2D eigenvalue weighted by Gasteiger charge is -2.31. The van der Waals surface area contributed by atoms with Gasteiger partial charge < -0.3 is 20.7 Å². The van der Waals surface area contributed by atoms with Gasteiger partial charge in [0.25, 0.3) is 5.91 Å². The first-order valence-corrected chi connectivity index (χ1v) is 12.7. The molecule has 1 aliphatic rings. The van der Waals surface area contributed by atoms with Crippen molar-refractivity contribution in [3.8, 4) is 11.5 Å². The van der Waals surface area contributed by atoms with Gasteiger partial charge in [0.1, 0.15) is 23.7 Å². The Hall–Kier alpha value is -4.24. The van der Waals surface area contributed by atoms with Crippen molar-refractivity contribution < 1.29 is 19.1 Å². The third kappa shape index (κ3) is 5.84. The molecule has 198 valence electrons. The number of carbonyl (C=O) groups excluding carboxylic acids is 3. The largest absolute Gasteiger partial charge is 0.455 e. The number of aromatic nitrogens is 1. The summed E-state index contributed by atoms with van der Waals surface area (Å²) in [6.45, 7) is 5.43. The molecule has 38 heavy (non-hydrogen) atoms. The zero-order valence-electron chi connectivity index (χ0n) is 22.0. The molecule has 2 heterocycles. The number of nitrogens with zero attached hydrogens (tertiary/aromatic N) is 2. The summed E-state index contributed by atoms with van der Waals surface area (Å²) < 4.78 is 5.99. The number of likely N-dealkylation sites (N-methyl/N-ethyl adjacent to an activating group) is 1. The highest BCUT2D eigenvalue weighted by Gasteiger charge is 2.43. The minimum atomic E-state index is -0.850. The van der Waals surface area contributed by atoms with Crippen LogP contribution in [-0.4, -0.2) is 47.9 Å². The summed E-state index contributed by atoms with van der Waals surface area (Å²) in [5.74, 6) is 0.260. The molecule has 0 saturated carbocycles. The molecule has 3 aromatic rings. The van der Waals surface area contributed by atoms with Crippen molar-refractivity contribution >= 4 is 29.2 Å². The summed E-state index contributed by atoms with van der Waals surface area (Å²) >= 11 is 0. The second-order valence-corrected chi connectivity index (χ2v) is 9.56. The molecule has 9 heteroatoms. The quantitative estimate of drug-likeness (QED) is 0.402. The number of amides is 3. The molecule has 0 saturated heterocycles. The van der Waals surface area contributed by atoms with Crippen molar-refractivity contribution in [2.75, 3.05) is 17.3 Å². The average Bonchev–Trinajstić information content (AvgIpc) is 3.32. The SMILES string of the molecule is CN[C@@H](C)C(=O)N[C@H](C(=O)N1c2ncccc2C[C@@H]1C(=O)Nc1ccccc1Oc1ccccc1)C(C)C. The van der Waals surface area contributed by atoms with Crippen LogP contribution in [0.2, 0.25) is 0 Å². The molecule has 1 aliphatic heterocycles. The van der Waals surface area contributed by atoms with E-state index in [0.29, 0.717) is 29.4 Å². The van der Waals surface area contributed by atoms with Crippen molar-refractivity contribution in [2.24, 2.45) is 5.92 Å². The summed E-state index contributed by atoms with van der Waals surface area (Å²) in [6, 6.07) is 17.9. The minimum absolute atomic E-state index is 0.216. The Morgan fingerprint density at radius 3 is 2.39 bits per heavy atom. The summed E-state index contributed by atoms with van der Waals surface area (Å²) in [5, 5.41) is 8.68.